The van der Waals surface area contributed by atoms with Crippen molar-refractivity contribution in [2.24, 2.45) is 5.73 Å². The summed E-state index contributed by atoms with van der Waals surface area (Å²) in [6.45, 7) is 1.74. The molecule has 0 aromatic heterocycles. The van der Waals surface area contributed by atoms with Crippen LogP contribution in [0.1, 0.15) is 18.4 Å². The number of aliphatic hydroxyl groups excluding tert-OH is 1. The van der Waals surface area contributed by atoms with Gasteiger partial charge in [0.15, 0.2) is 6.10 Å². The molecule has 1 unspecified atom stereocenters. The first kappa shape index (κ1) is 24.6. The lowest BCUT2D eigenvalue weighted by atomic mass is 9.82. The fraction of sp³-hybridized carbons (Fsp3) is 0.480. The third kappa shape index (κ3) is 5.24. The summed E-state index contributed by atoms with van der Waals surface area (Å²) >= 11 is 6.44. The van der Waals surface area contributed by atoms with Crippen molar-refractivity contribution in [3.05, 3.63) is 52.8 Å². The number of fused-ring (bicyclic) bond motifs is 1. The summed E-state index contributed by atoms with van der Waals surface area (Å²) in [6, 6.07) is 10.1. The minimum atomic E-state index is -0.683. The Morgan fingerprint density at radius 3 is 2.56 bits per heavy atom. The van der Waals surface area contributed by atoms with E-state index in [2.05, 4.69) is 0 Å². The fourth-order valence-electron chi connectivity index (χ4n) is 4.73. The van der Waals surface area contributed by atoms with E-state index in [1.54, 1.807) is 12.1 Å². The molecule has 1 atom stereocenters. The predicted octanol–water partition coefficient (Wildman–Crippen LogP) is 2.67. The third-order valence-corrected chi connectivity index (χ3v) is 6.99. The first-order valence-corrected chi connectivity index (χ1v) is 11.9. The number of nitrogens with zero attached hydrogens (tertiary/aromatic N) is 3. The number of hydrogen-bond acceptors (Lipinski definition) is 6. The molecule has 3 N–H and O–H groups in total. The second kappa shape index (κ2) is 9.98. The number of rotatable bonds is 6. The molecule has 4 rings (SSSR count). The van der Waals surface area contributed by atoms with Gasteiger partial charge in [-0.2, -0.15) is 0 Å². The second-order valence-corrected chi connectivity index (χ2v) is 9.84. The number of anilines is 2. The van der Waals surface area contributed by atoms with Crippen molar-refractivity contribution in [1.82, 2.24) is 4.90 Å². The molecule has 2 aromatic rings. The van der Waals surface area contributed by atoms with Crippen molar-refractivity contribution in [2.75, 3.05) is 56.7 Å². The quantitative estimate of drug-likeness (QED) is 0.648. The number of aliphatic hydroxyl groups is 1. The van der Waals surface area contributed by atoms with E-state index in [4.69, 9.17) is 22.1 Å². The molecule has 9 heteroatoms. The Balaban J connectivity index is 1.45. The van der Waals surface area contributed by atoms with Crippen LogP contribution < -0.4 is 20.3 Å². The van der Waals surface area contributed by atoms with Gasteiger partial charge in [0.1, 0.15) is 11.6 Å². The van der Waals surface area contributed by atoms with Gasteiger partial charge in [0.25, 0.3) is 5.91 Å². The van der Waals surface area contributed by atoms with Crippen LogP contribution >= 0.6 is 11.6 Å². The van der Waals surface area contributed by atoms with Crippen LogP contribution in [-0.4, -0.2) is 74.4 Å². The number of benzene rings is 2. The number of hydrogen-bond donors (Lipinski definition) is 2. The normalized spacial score (nSPS) is 19.4. The van der Waals surface area contributed by atoms with Crippen LogP contribution in [0.4, 0.5) is 15.8 Å². The van der Waals surface area contributed by atoms with Crippen LogP contribution in [0.3, 0.4) is 0 Å². The number of ether oxygens (including phenoxy) is 1. The van der Waals surface area contributed by atoms with Gasteiger partial charge in [-0.25, -0.2) is 4.39 Å². The van der Waals surface area contributed by atoms with E-state index in [9.17, 15) is 14.3 Å². The zero-order valence-electron chi connectivity index (χ0n) is 19.6. The Bertz CT molecular complexity index is 1030. The van der Waals surface area contributed by atoms with Crippen molar-refractivity contribution in [3.63, 3.8) is 0 Å². The summed E-state index contributed by atoms with van der Waals surface area (Å²) in [5.41, 5.74) is 8.76. The van der Waals surface area contributed by atoms with Gasteiger partial charge >= 0.3 is 0 Å². The molecule has 2 aliphatic heterocycles. The van der Waals surface area contributed by atoms with Gasteiger partial charge in [0, 0.05) is 45.3 Å². The molecule has 0 bridgehead atoms. The highest BCUT2D eigenvalue weighted by Gasteiger charge is 2.38. The maximum atomic E-state index is 13.4. The number of likely N-dealkylation sites (tertiary alicyclic amines) is 1. The molecule has 1 saturated heterocycles. The molecular formula is C25H32ClFN4O3. The summed E-state index contributed by atoms with van der Waals surface area (Å²) in [7, 11) is 3.78. The molecule has 184 valence electrons. The molecular weight excluding hydrogens is 459 g/mol. The van der Waals surface area contributed by atoms with Crippen molar-refractivity contribution in [1.29, 1.82) is 0 Å². The van der Waals surface area contributed by atoms with E-state index in [0.717, 1.165) is 16.9 Å². The largest absolute Gasteiger partial charge is 0.476 e. The van der Waals surface area contributed by atoms with Crippen LogP contribution in [0.15, 0.2) is 36.4 Å². The summed E-state index contributed by atoms with van der Waals surface area (Å²) in [5, 5.41) is 10.2. The number of halogens is 2. The molecule has 34 heavy (non-hydrogen) atoms. The Labute approximate surface area is 204 Å². The molecule has 1 amide bonds. The minimum Gasteiger partial charge on any atom is -0.476 e. The number of nitrogens with two attached hydrogens (primary N) is 1. The average Bonchev–Trinajstić information content (AvgIpc) is 2.80. The fourth-order valence-corrected chi connectivity index (χ4v) is 5.05. The number of amides is 1. The Morgan fingerprint density at radius 2 is 1.94 bits per heavy atom. The van der Waals surface area contributed by atoms with Gasteiger partial charge in [-0.1, -0.05) is 23.7 Å². The first-order valence-electron chi connectivity index (χ1n) is 11.5. The van der Waals surface area contributed by atoms with E-state index >= 15 is 0 Å². The van der Waals surface area contributed by atoms with Gasteiger partial charge in [0.2, 0.25) is 0 Å². The first-order chi connectivity index (χ1) is 16.2. The summed E-state index contributed by atoms with van der Waals surface area (Å²) in [5.74, 6) is 0.228. The summed E-state index contributed by atoms with van der Waals surface area (Å²) in [6.07, 6.45) is 1.26. The Hall–Kier alpha value is -2.55. The standard InChI is InChI=1S/C25H32ClFN4O3/c1-29(2)20-14-22-21(13-19(20)26)31(11-12-32)16-23(34-22)24(33)30-9-7-25(28,8-10-30)15-17-3-5-18(27)6-4-17/h3-6,13-14,23,32H,7-12,15-16,28H2,1-2H3. The molecule has 0 saturated carbocycles. The van der Waals surface area contributed by atoms with Crippen LogP contribution in [0.25, 0.3) is 0 Å². The van der Waals surface area contributed by atoms with Crippen molar-refractivity contribution in [3.8, 4) is 5.75 Å². The zero-order chi connectivity index (χ0) is 24.5. The van der Waals surface area contributed by atoms with Crippen LogP contribution in [-0.2, 0) is 11.2 Å². The molecule has 1 fully saturated rings. The lowest BCUT2D eigenvalue weighted by Crippen LogP contribution is -2.57. The van der Waals surface area contributed by atoms with Crippen molar-refractivity contribution >= 4 is 28.9 Å². The lowest BCUT2D eigenvalue weighted by Gasteiger charge is -2.42. The highest BCUT2D eigenvalue weighted by molar-refractivity contribution is 6.33. The van der Waals surface area contributed by atoms with Gasteiger partial charge < -0.3 is 30.3 Å². The third-order valence-electron chi connectivity index (χ3n) is 6.69. The van der Waals surface area contributed by atoms with Gasteiger partial charge in [-0.05, 0) is 43.0 Å². The molecule has 0 spiro atoms. The Kier molecular flexibility index (Phi) is 7.21. The van der Waals surface area contributed by atoms with E-state index in [0.29, 0.717) is 56.2 Å². The molecule has 0 radical (unpaired) electrons. The molecule has 2 heterocycles. The van der Waals surface area contributed by atoms with Crippen LogP contribution in [0.2, 0.25) is 5.02 Å². The highest BCUT2D eigenvalue weighted by atomic mass is 35.5. The molecule has 2 aliphatic rings. The number of carbonyl (C=O) groups is 1. The van der Waals surface area contributed by atoms with E-state index < -0.39 is 11.6 Å². The monoisotopic (exact) mass is 490 g/mol. The predicted molar refractivity (Wildman–Crippen MR) is 132 cm³/mol. The minimum absolute atomic E-state index is 0.0454. The van der Waals surface area contributed by atoms with E-state index in [1.165, 1.54) is 12.1 Å². The molecule has 2 aromatic carbocycles. The second-order valence-electron chi connectivity index (χ2n) is 9.43. The number of piperidine rings is 1. The number of β-amino-alcohol motifs (C(OH)–C–C–N with tert-alkyl or cyclic N) is 1. The van der Waals surface area contributed by atoms with Crippen molar-refractivity contribution in [2.45, 2.75) is 30.9 Å². The van der Waals surface area contributed by atoms with Crippen LogP contribution in [0, 0.1) is 5.82 Å². The van der Waals surface area contributed by atoms with Gasteiger partial charge in [0.05, 0.1) is 29.5 Å². The smallest absolute Gasteiger partial charge is 0.265 e. The topological polar surface area (TPSA) is 82.3 Å². The SMILES string of the molecule is CN(C)c1cc2c(cc1Cl)N(CCO)CC(C(=O)N1CCC(N)(Cc3ccc(F)cc3)CC1)O2. The summed E-state index contributed by atoms with van der Waals surface area (Å²) < 4.78 is 19.4. The lowest BCUT2D eigenvalue weighted by molar-refractivity contribution is -0.140. The van der Waals surface area contributed by atoms with E-state index in [-0.39, 0.29) is 18.3 Å². The Morgan fingerprint density at radius 1 is 1.26 bits per heavy atom. The van der Waals surface area contributed by atoms with Crippen LogP contribution in [0.5, 0.6) is 5.75 Å². The maximum absolute atomic E-state index is 13.4. The average molecular weight is 491 g/mol. The molecule has 7 nitrogen and oxygen atoms in total. The highest BCUT2D eigenvalue weighted by Crippen LogP contribution is 2.41. The zero-order valence-corrected chi connectivity index (χ0v) is 20.4. The van der Waals surface area contributed by atoms with Crippen molar-refractivity contribution < 1.29 is 19.0 Å². The van der Waals surface area contributed by atoms with Gasteiger partial charge in [-0.15, -0.1) is 0 Å². The summed E-state index contributed by atoms with van der Waals surface area (Å²) in [4.78, 5) is 19.0. The van der Waals surface area contributed by atoms with E-state index in [1.807, 2.05) is 40.9 Å². The maximum Gasteiger partial charge on any atom is 0.265 e. The number of carbonyl (C=O) groups excluding carboxylic acids is 1. The van der Waals surface area contributed by atoms with Gasteiger partial charge in [-0.3, -0.25) is 4.79 Å². The molecule has 0 aliphatic carbocycles.